The second kappa shape index (κ2) is 10.0. The second-order valence-electron chi connectivity index (χ2n) is 10.8. The van der Waals surface area contributed by atoms with Gasteiger partial charge in [-0.3, -0.25) is 0 Å². The molecule has 0 saturated heterocycles. The fourth-order valence-electron chi connectivity index (χ4n) is 5.77. The van der Waals surface area contributed by atoms with E-state index in [-0.39, 0.29) is 0 Å². The standard InChI is InChI=1S/C33H40NSi/c1-21-13-22(2)16-30(15-21)35(31-17-23(3)14-24(4)18-31)20-32-26(6)25(5)27(7)33(32)28-11-10-12-29(19-28)34(8)9/h10-19,32H,20H2,1-9H3. The van der Waals surface area contributed by atoms with E-state index in [9.17, 15) is 0 Å². The van der Waals surface area contributed by atoms with E-state index in [0.717, 1.165) is 0 Å². The molecular weight excluding hydrogens is 438 g/mol. The normalized spacial score (nSPS) is 16.0. The summed E-state index contributed by atoms with van der Waals surface area (Å²) in [7, 11) is 3.26. The van der Waals surface area contributed by atoms with E-state index in [1.165, 1.54) is 66.6 Å². The molecule has 1 unspecified atom stereocenters. The molecule has 1 atom stereocenters. The van der Waals surface area contributed by atoms with Gasteiger partial charge in [-0.1, -0.05) is 86.7 Å². The van der Waals surface area contributed by atoms with Crippen molar-refractivity contribution in [3.8, 4) is 0 Å². The summed E-state index contributed by atoms with van der Waals surface area (Å²) < 4.78 is 0. The van der Waals surface area contributed by atoms with E-state index in [2.05, 4.69) is 128 Å². The maximum atomic E-state index is 2.45. The molecule has 0 spiro atoms. The minimum atomic E-state index is -0.994. The predicted molar refractivity (Wildman–Crippen MR) is 157 cm³/mol. The van der Waals surface area contributed by atoms with Crippen molar-refractivity contribution >= 4 is 30.4 Å². The van der Waals surface area contributed by atoms with Crippen molar-refractivity contribution < 1.29 is 0 Å². The lowest BCUT2D eigenvalue weighted by Gasteiger charge is -2.26. The maximum Gasteiger partial charge on any atom is 0.122 e. The third-order valence-corrected chi connectivity index (χ3v) is 10.4. The zero-order valence-corrected chi connectivity index (χ0v) is 24.0. The fraction of sp³-hybridized carbons (Fsp3) is 0.333. The van der Waals surface area contributed by atoms with E-state index in [0.29, 0.717) is 5.92 Å². The Morgan fingerprint density at radius 1 is 0.657 bits per heavy atom. The monoisotopic (exact) mass is 478 g/mol. The molecule has 1 aliphatic carbocycles. The Balaban J connectivity index is 1.85. The molecule has 0 fully saturated rings. The van der Waals surface area contributed by atoms with Crippen LogP contribution in [0, 0.1) is 33.6 Å². The van der Waals surface area contributed by atoms with Gasteiger partial charge in [0, 0.05) is 25.7 Å². The molecule has 1 nitrogen and oxygen atoms in total. The maximum absolute atomic E-state index is 2.45. The highest BCUT2D eigenvalue weighted by Gasteiger charge is 2.33. The highest BCUT2D eigenvalue weighted by atomic mass is 28.3. The molecule has 4 rings (SSSR count). The molecule has 0 saturated carbocycles. The van der Waals surface area contributed by atoms with Gasteiger partial charge in [0.1, 0.15) is 8.80 Å². The summed E-state index contributed by atoms with van der Waals surface area (Å²) in [4.78, 5) is 2.21. The molecule has 0 aliphatic heterocycles. The number of anilines is 1. The van der Waals surface area contributed by atoms with Crippen molar-refractivity contribution in [3.05, 3.63) is 105 Å². The molecule has 0 bridgehead atoms. The van der Waals surface area contributed by atoms with Crippen molar-refractivity contribution in [1.29, 1.82) is 0 Å². The Labute approximate surface area is 214 Å². The summed E-state index contributed by atoms with van der Waals surface area (Å²) in [5.41, 5.74) is 14.1. The third-order valence-electron chi connectivity index (χ3n) is 7.65. The van der Waals surface area contributed by atoms with E-state index >= 15 is 0 Å². The van der Waals surface area contributed by atoms with Gasteiger partial charge in [-0.2, -0.15) is 0 Å². The van der Waals surface area contributed by atoms with E-state index < -0.39 is 8.80 Å². The summed E-state index contributed by atoms with van der Waals surface area (Å²) in [6.45, 7) is 16.0. The minimum absolute atomic E-state index is 0.447. The number of nitrogens with zero attached hydrogens (tertiary/aromatic N) is 1. The van der Waals surface area contributed by atoms with Crippen LogP contribution in [0.3, 0.4) is 0 Å². The molecule has 2 heteroatoms. The summed E-state index contributed by atoms with van der Waals surface area (Å²) in [5.74, 6) is 0.447. The molecular formula is C33H40NSi. The molecule has 0 heterocycles. The van der Waals surface area contributed by atoms with Crippen LogP contribution in [-0.4, -0.2) is 22.9 Å². The van der Waals surface area contributed by atoms with Gasteiger partial charge >= 0.3 is 0 Å². The zero-order chi connectivity index (χ0) is 25.4. The third kappa shape index (κ3) is 5.23. The van der Waals surface area contributed by atoms with Crippen molar-refractivity contribution in [2.45, 2.75) is 54.5 Å². The number of hydrogen-bond acceptors (Lipinski definition) is 1. The lowest BCUT2D eigenvalue weighted by molar-refractivity contribution is 0.884. The molecule has 3 aromatic carbocycles. The Kier molecular flexibility index (Phi) is 7.24. The SMILES string of the molecule is CC1=C(C)C(C[Si](c2cc(C)cc(C)c2)c2cc(C)cc(C)c2)C(c2cccc(N(C)C)c2)=C1C. The Bertz CT molecular complexity index is 1230. The van der Waals surface area contributed by atoms with Crippen molar-refractivity contribution in [2.75, 3.05) is 19.0 Å². The Morgan fingerprint density at radius 3 is 1.66 bits per heavy atom. The van der Waals surface area contributed by atoms with Gasteiger partial charge in [-0.15, -0.1) is 0 Å². The molecule has 0 N–H and O–H groups in total. The van der Waals surface area contributed by atoms with E-state index in [1.807, 2.05) is 0 Å². The van der Waals surface area contributed by atoms with Crippen LogP contribution in [0.4, 0.5) is 5.69 Å². The summed E-state index contributed by atoms with van der Waals surface area (Å²) in [5, 5.41) is 3.07. The number of allylic oxidation sites excluding steroid dienone is 4. The minimum Gasteiger partial charge on any atom is -0.378 e. The van der Waals surface area contributed by atoms with Crippen LogP contribution < -0.4 is 15.3 Å². The first-order valence-electron chi connectivity index (χ1n) is 12.7. The molecule has 181 valence electrons. The van der Waals surface area contributed by atoms with Crippen LogP contribution in [0.15, 0.2) is 77.4 Å². The van der Waals surface area contributed by atoms with Gasteiger partial charge in [0.15, 0.2) is 0 Å². The van der Waals surface area contributed by atoms with Crippen molar-refractivity contribution in [2.24, 2.45) is 5.92 Å². The molecule has 35 heavy (non-hydrogen) atoms. The molecule has 1 aliphatic rings. The first-order valence-corrected chi connectivity index (χ1v) is 14.4. The van der Waals surface area contributed by atoms with Gasteiger partial charge in [-0.05, 0) is 88.9 Å². The quantitative estimate of drug-likeness (QED) is 0.344. The van der Waals surface area contributed by atoms with Gasteiger partial charge < -0.3 is 4.90 Å². The highest BCUT2D eigenvalue weighted by molar-refractivity contribution is 6.85. The van der Waals surface area contributed by atoms with Gasteiger partial charge in [0.25, 0.3) is 0 Å². The summed E-state index contributed by atoms with van der Waals surface area (Å²) >= 11 is 0. The van der Waals surface area contributed by atoms with E-state index in [4.69, 9.17) is 0 Å². The largest absolute Gasteiger partial charge is 0.378 e. The Morgan fingerprint density at radius 2 is 1.17 bits per heavy atom. The summed E-state index contributed by atoms with van der Waals surface area (Å²) in [6.07, 6.45) is 0. The van der Waals surface area contributed by atoms with Gasteiger partial charge in [0.05, 0.1) is 0 Å². The molecule has 0 aromatic heterocycles. The average molecular weight is 479 g/mol. The highest BCUT2D eigenvalue weighted by Crippen LogP contribution is 2.45. The second-order valence-corrected chi connectivity index (χ2v) is 13.3. The fourth-order valence-corrected chi connectivity index (χ4v) is 9.10. The average Bonchev–Trinajstić information content (AvgIpc) is 2.99. The zero-order valence-electron chi connectivity index (χ0n) is 23.0. The summed E-state index contributed by atoms with van der Waals surface area (Å²) in [6, 6.07) is 24.7. The first-order chi connectivity index (χ1) is 16.5. The topological polar surface area (TPSA) is 3.24 Å². The number of rotatable bonds is 6. The van der Waals surface area contributed by atoms with Crippen molar-refractivity contribution in [3.63, 3.8) is 0 Å². The van der Waals surface area contributed by atoms with Crippen LogP contribution in [0.2, 0.25) is 6.04 Å². The van der Waals surface area contributed by atoms with Crippen LogP contribution in [0.1, 0.15) is 48.6 Å². The van der Waals surface area contributed by atoms with Gasteiger partial charge in [0.2, 0.25) is 0 Å². The predicted octanol–water partition coefficient (Wildman–Crippen LogP) is 7.04. The molecule has 3 aromatic rings. The van der Waals surface area contributed by atoms with E-state index in [1.54, 1.807) is 5.57 Å². The number of benzene rings is 3. The molecule has 1 radical (unpaired) electrons. The van der Waals surface area contributed by atoms with Crippen molar-refractivity contribution in [1.82, 2.24) is 0 Å². The van der Waals surface area contributed by atoms with Gasteiger partial charge in [-0.25, -0.2) is 0 Å². The van der Waals surface area contributed by atoms with Crippen LogP contribution in [-0.2, 0) is 0 Å². The first kappa shape index (κ1) is 25.3. The van der Waals surface area contributed by atoms with Crippen LogP contribution in [0.5, 0.6) is 0 Å². The Hall–Kier alpha value is -2.84. The lowest BCUT2D eigenvalue weighted by Crippen LogP contribution is -2.44. The van der Waals surface area contributed by atoms with Crippen LogP contribution in [0.25, 0.3) is 5.57 Å². The lowest BCUT2D eigenvalue weighted by atomic mass is 9.91. The number of hydrogen-bond donors (Lipinski definition) is 0. The number of aryl methyl sites for hydroxylation is 4. The smallest absolute Gasteiger partial charge is 0.122 e. The molecule has 0 amide bonds. The van der Waals surface area contributed by atoms with Crippen LogP contribution >= 0.6 is 0 Å².